The van der Waals surface area contributed by atoms with Gasteiger partial charge in [0.25, 0.3) is 0 Å². The quantitative estimate of drug-likeness (QED) is 0.657. The molecule has 0 fully saturated rings. The Hall–Kier alpha value is -1.23. The Morgan fingerprint density at radius 3 is 2.71 bits per heavy atom. The van der Waals surface area contributed by atoms with E-state index in [1.165, 1.54) is 11.1 Å². The third kappa shape index (κ3) is 3.03. The topological polar surface area (TPSA) is 24.9 Å². The lowest BCUT2D eigenvalue weighted by molar-refractivity contribution is 0.689. The first-order valence-electron chi connectivity index (χ1n) is 6.66. The van der Waals surface area contributed by atoms with Crippen molar-refractivity contribution in [2.24, 2.45) is 0 Å². The van der Waals surface area contributed by atoms with Gasteiger partial charge < -0.3 is 5.32 Å². The second-order valence-corrected chi connectivity index (χ2v) is 6.61. The van der Waals surface area contributed by atoms with Crippen molar-refractivity contribution in [3.8, 4) is 0 Å². The lowest BCUT2D eigenvalue weighted by atomic mass is 9.97. The largest absolute Gasteiger partial charge is 0.309 e. The predicted molar refractivity (Wildman–Crippen MR) is 94.5 cm³/mol. The summed E-state index contributed by atoms with van der Waals surface area (Å²) in [5, 5.41) is 4.55. The maximum absolute atomic E-state index is 4.37. The van der Waals surface area contributed by atoms with Crippen LogP contribution in [0.4, 0.5) is 0 Å². The van der Waals surface area contributed by atoms with Crippen LogP contribution < -0.4 is 5.32 Å². The van der Waals surface area contributed by atoms with Crippen molar-refractivity contribution >= 4 is 42.8 Å². The highest BCUT2D eigenvalue weighted by Crippen LogP contribution is 2.31. The smallest absolute Gasteiger partial charge is 0.0702 e. The molecular weight excluding hydrogens is 392 g/mol. The Balaban J connectivity index is 2.11. The average molecular weight is 406 g/mol. The molecular formula is C17H14Br2N2. The van der Waals surface area contributed by atoms with E-state index in [1.54, 1.807) is 0 Å². The van der Waals surface area contributed by atoms with Crippen LogP contribution in [-0.4, -0.2) is 12.0 Å². The Morgan fingerprint density at radius 1 is 1.05 bits per heavy atom. The molecule has 3 rings (SSSR count). The molecule has 4 heteroatoms. The van der Waals surface area contributed by atoms with E-state index in [9.17, 15) is 0 Å². The number of rotatable bonds is 3. The zero-order chi connectivity index (χ0) is 14.8. The molecule has 3 aromatic rings. The summed E-state index contributed by atoms with van der Waals surface area (Å²) < 4.78 is 2.17. The average Bonchev–Trinajstić information content (AvgIpc) is 2.51. The lowest BCUT2D eigenvalue weighted by Crippen LogP contribution is -2.18. The monoisotopic (exact) mass is 404 g/mol. The highest BCUT2D eigenvalue weighted by Gasteiger charge is 2.15. The number of hydrogen-bond acceptors (Lipinski definition) is 2. The molecule has 0 saturated heterocycles. The maximum Gasteiger partial charge on any atom is 0.0702 e. The second-order valence-electron chi connectivity index (χ2n) is 4.84. The van der Waals surface area contributed by atoms with Gasteiger partial charge in [-0.3, -0.25) is 4.98 Å². The van der Waals surface area contributed by atoms with Crippen molar-refractivity contribution in [3.05, 3.63) is 74.8 Å². The number of hydrogen-bond donors (Lipinski definition) is 1. The van der Waals surface area contributed by atoms with Crippen LogP contribution in [0.5, 0.6) is 0 Å². The minimum Gasteiger partial charge on any atom is -0.309 e. The van der Waals surface area contributed by atoms with Gasteiger partial charge in [0.15, 0.2) is 0 Å². The van der Waals surface area contributed by atoms with Gasteiger partial charge in [-0.15, -0.1) is 0 Å². The molecule has 2 nitrogen and oxygen atoms in total. The van der Waals surface area contributed by atoms with E-state index in [2.05, 4.69) is 78.6 Å². The van der Waals surface area contributed by atoms with Crippen molar-refractivity contribution in [2.75, 3.05) is 7.05 Å². The van der Waals surface area contributed by atoms with Crippen LogP contribution in [0.25, 0.3) is 10.9 Å². The van der Waals surface area contributed by atoms with E-state index in [0.717, 1.165) is 19.8 Å². The number of halogens is 2. The summed E-state index contributed by atoms with van der Waals surface area (Å²) >= 11 is 7.19. The summed E-state index contributed by atoms with van der Waals surface area (Å²) in [5.74, 6) is 0. The highest BCUT2D eigenvalue weighted by atomic mass is 79.9. The molecule has 0 spiro atoms. The van der Waals surface area contributed by atoms with E-state index >= 15 is 0 Å². The zero-order valence-corrected chi connectivity index (χ0v) is 14.6. The van der Waals surface area contributed by atoms with Crippen molar-refractivity contribution in [2.45, 2.75) is 6.04 Å². The summed E-state index contributed by atoms with van der Waals surface area (Å²) in [6.45, 7) is 0. The molecule has 0 aliphatic rings. The lowest BCUT2D eigenvalue weighted by Gasteiger charge is -2.19. The molecule has 1 atom stereocenters. The van der Waals surface area contributed by atoms with E-state index < -0.39 is 0 Å². The van der Waals surface area contributed by atoms with Gasteiger partial charge in [-0.1, -0.05) is 44.0 Å². The van der Waals surface area contributed by atoms with Crippen LogP contribution in [-0.2, 0) is 0 Å². The summed E-state index contributed by atoms with van der Waals surface area (Å²) in [6.07, 6.45) is 1.82. The van der Waals surface area contributed by atoms with Crippen molar-refractivity contribution in [3.63, 3.8) is 0 Å². The van der Waals surface area contributed by atoms with Crippen LogP contribution >= 0.6 is 31.9 Å². The Morgan fingerprint density at radius 2 is 1.90 bits per heavy atom. The first-order chi connectivity index (χ1) is 10.2. The number of pyridine rings is 1. The molecule has 0 saturated carbocycles. The SMILES string of the molecule is CNC(c1ccc2ncccc2c1)c1cc(Br)ccc1Br. The minimum absolute atomic E-state index is 0.126. The van der Waals surface area contributed by atoms with Crippen LogP contribution in [0, 0.1) is 0 Å². The number of fused-ring (bicyclic) bond motifs is 1. The molecule has 2 aromatic carbocycles. The van der Waals surface area contributed by atoms with Gasteiger partial charge in [-0.25, -0.2) is 0 Å². The molecule has 0 aliphatic carbocycles. The first-order valence-corrected chi connectivity index (χ1v) is 8.24. The van der Waals surface area contributed by atoms with E-state index in [-0.39, 0.29) is 6.04 Å². The van der Waals surface area contributed by atoms with Crippen molar-refractivity contribution < 1.29 is 0 Å². The van der Waals surface area contributed by atoms with Crippen LogP contribution in [0.1, 0.15) is 17.2 Å². The molecule has 1 aromatic heterocycles. The molecule has 0 amide bonds. The molecule has 0 bridgehead atoms. The summed E-state index contributed by atoms with van der Waals surface area (Å²) in [5.41, 5.74) is 3.44. The Kier molecular flexibility index (Phi) is 4.38. The van der Waals surface area contributed by atoms with E-state index in [0.29, 0.717) is 0 Å². The fourth-order valence-electron chi connectivity index (χ4n) is 2.51. The molecule has 0 aliphatic heterocycles. The van der Waals surface area contributed by atoms with Gasteiger partial charge >= 0.3 is 0 Å². The molecule has 1 unspecified atom stereocenters. The number of aromatic nitrogens is 1. The normalized spacial score (nSPS) is 12.5. The molecule has 1 heterocycles. The van der Waals surface area contributed by atoms with Gasteiger partial charge in [-0.2, -0.15) is 0 Å². The van der Waals surface area contributed by atoms with Crippen LogP contribution in [0.15, 0.2) is 63.7 Å². The third-order valence-corrected chi connectivity index (χ3v) is 4.73. The van der Waals surface area contributed by atoms with Gasteiger partial charge in [-0.05, 0) is 54.6 Å². The highest BCUT2D eigenvalue weighted by molar-refractivity contribution is 9.11. The van der Waals surface area contributed by atoms with Gasteiger partial charge in [0, 0.05) is 20.5 Å². The predicted octanol–water partition coefficient (Wildman–Crippen LogP) is 5.07. The number of nitrogens with one attached hydrogen (secondary N) is 1. The van der Waals surface area contributed by atoms with Gasteiger partial charge in [0.05, 0.1) is 11.6 Å². The zero-order valence-electron chi connectivity index (χ0n) is 11.5. The number of benzene rings is 2. The fourth-order valence-corrected chi connectivity index (χ4v) is 3.37. The summed E-state index contributed by atoms with van der Waals surface area (Å²) in [7, 11) is 1.98. The fraction of sp³-hybridized carbons (Fsp3) is 0.118. The Labute approximate surface area is 140 Å². The first kappa shape index (κ1) is 14.7. The van der Waals surface area contributed by atoms with Gasteiger partial charge in [0.1, 0.15) is 0 Å². The summed E-state index contributed by atoms with van der Waals surface area (Å²) in [4.78, 5) is 4.37. The second kappa shape index (κ2) is 6.26. The van der Waals surface area contributed by atoms with Gasteiger partial charge in [0.2, 0.25) is 0 Å². The third-order valence-electron chi connectivity index (χ3n) is 3.52. The number of nitrogens with zero attached hydrogens (tertiary/aromatic N) is 1. The standard InChI is InChI=1S/C17H14Br2N2/c1-20-17(14-10-13(18)5-6-15(14)19)12-4-7-16-11(9-12)3-2-8-21-16/h2-10,17,20H,1H3. The minimum atomic E-state index is 0.126. The van der Waals surface area contributed by atoms with Crippen molar-refractivity contribution in [1.82, 2.24) is 10.3 Å². The summed E-state index contributed by atoms with van der Waals surface area (Å²) in [6, 6.07) is 16.8. The molecule has 106 valence electrons. The molecule has 21 heavy (non-hydrogen) atoms. The van der Waals surface area contributed by atoms with Crippen LogP contribution in [0.2, 0.25) is 0 Å². The van der Waals surface area contributed by atoms with E-state index in [4.69, 9.17) is 0 Å². The van der Waals surface area contributed by atoms with E-state index in [1.807, 2.05) is 25.4 Å². The maximum atomic E-state index is 4.37. The molecule has 0 radical (unpaired) electrons. The Bertz CT molecular complexity index is 787. The molecule has 1 N–H and O–H groups in total. The van der Waals surface area contributed by atoms with Crippen molar-refractivity contribution in [1.29, 1.82) is 0 Å². The van der Waals surface area contributed by atoms with Crippen LogP contribution in [0.3, 0.4) is 0 Å².